The van der Waals surface area contributed by atoms with Crippen LogP contribution in [0.3, 0.4) is 0 Å². The molecule has 2 unspecified atom stereocenters. The molecule has 1 amide bonds. The molecule has 0 aromatic rings. The summed E-state index contributed by atoms with van der Waals surface area (Å²) in [5.41, 5.74) is 0. The van der Waals surface area contributed by atoms with Gasteiger partial charge < -0.3 is 14.9 Å². The van der Waals surface area contributed by atoms with Crippen molar-refractivity contribution in [3.63, 3.8) is 0 Å². The van der Waals surface area contributed by atoms with Crippen molar-refractivity contribution in [2.75, 3.05) is 26.2 Å². The minimum atomic E-state index is -0.848. The molecule has 5 heteroatoms. The van der Waals surface area contributed by atoms with E-state index >= 15 is 0 Å². The first-order valence-corrected chi connectivity index (χ1v) is 7.90. The maximum Gasteiger partial charge on any atom is 0.326 e. The van der Waals surface area contributed by atoms with E-state index in [0.29, 0.717) is 25.3 Å². The van der Waals surface area contributed by atoms with E-state index < -0.39 is 12.0 Å². The summed E-state index contributed by atoms with van der Waals surface area (Å²) in [6.45, 7) is 4.21. The highest BCUT2D eigenvalue weighted by Crippen LogP contribution is 2.35. The third kappa shape index (κ3) is 2.68. The van der Waals surface area contributed by atoms with Gasteiger partial charge in [0.05, 0.1) is 0 Å². The fourth-order valence-corrected chi connectivity index (χ4v) is 4.19. The lowest BCUT2D eigenvalue weighted by Crippen LogP contribution is -2.47. The van der Waals surface area contributed by atoms with Crippen LogP contribution in [0.2, 0.25) is 0 Å². The highest BCUT2D eigenvalue weighted by Gasteiger charge is 2.36. The van der Waals surface area contributed by atoms with E-state index in [0.717, 1.165) is 25.3 Å². The predicted molar refractivity (Wildman–Crippen MR) is 74.3 cm³/mol. The van der Waals surface area contributed by atoms with Crippen LogP contribution in [0.1, 0.15) is 38.5 Å². The molecule has 4 saturated heterocycles. The van der Waals surface area contributed by atoms with Crippen molar-refractivity contribution in [2.24, 2.45) is 11.8 Å². The number of carboxylic acids is 1. The van der Waals surface area contributed by atoms with Gasteiger partial charge in [0.1, 0.15) is 6.04 Å². The Hall–Kier alpha value is -1.10. The van der Waals surface area contributed by atoms with Crippen LogP contribution in [0.4, 0.5) is 0 Å². The summed E-state index contributed by atoms with van der Waals surface area (Å²) in [6, 6.07) is -0.575. The number of hydrogen-bond donors (Lipinski definition) is 1. The van der Waals surface area contributed by atoms with E-state index in [9.17, 15) is 9.59 Å². The number of amides is 1. The first kappa shape index (κ1) is 13.9. The van der Waals surface area contributed by atoms with E-state index in [4.69, 9.17) is 5.11 Å². The zero-order valence-corrected chi connectivity index (χ0v) is 12.0. The summed E-state index contributed by atoms with van der Waals surface area (Å²) in [7, 11) is 0. The van der Waals surface area contributed by atoms with Gasteiger partial charge in [-0.25, -0.2) is 4.79 Å². The SMILES string of the molecule is O=C(O)C1CCCN1C(=O)CCC1CN2CCC1CC2. The summed E-state index contributed by atoms with van der Waals surface area (Å²) in [5, 5.41) is 9.13. The Morgan fingerprint density at radius 2 is 1.85 bits per heavy atom. The van der Waals surface area contributed by atoms with E-state index in [-0.39, 0.29) is 5.91 Å². The Bertz CT molecular complexity index is 391. The Morgan fingerprint density at radius 3 is 2.45 bits per heavy atom. The van der Waals surface area contributed by atoms with Crippen LogP contribution in [0.15, 0.2) is 0 Å². The zero-order chi connectivity index (χ0) is 14.1. The number of hydrogen-bond acceptors (Lipinski definition) is 3. The van der Waals surface area contributed by atoms with Gasteiger partial charge in [-0.05, 0) is 57.0 Å². The molecule has 4 aliphatic heterocycles. The zero-order valence-electron chi connectivity index (χ0n) is 12.0. The third-order valence-corrected chi connectivity index (χ3v) is 5.38. The van der Waals surface area contributed by atoms with Gasteiger partial charge in [0.25, 0.3) is 0 Å². The molecule has 20 heavy (non-hydrogen) atoms. The summed E-state index contributed by atoms with van der Waals surface area (Å²) in [5.74, 6) is 0.638. The van der Waals surface area contributed by atoms with Crippen molar-refractivity contribution < 1.29 is 14.7 Å². The molecule has 0 spiro atoms. The number of nitrogens with zero attached hydrogens (tertiary/aromatic N) is 2. The second-order valence-electron chi connectivity index (χ2n) is 6.52. The predicted octanol–water partition coefficient (Wildman–Crippen LogP) is 1.18. The second kappa shape index (κ2) is 5.72. The highest BCUT2D eigenvalue weighted by atomic mass is 16.4. The molecule has 4 aliphatic rings. The number of fused-ring (bicyclic) bond motifs is 3. The Kier molecular flexibility index (Phi) is 3.96. The average Bonchev–Trinajstić information content (AvgIpc) is 2.96. The molecule has 2 bridgehead atoms. The summed E-state index contributed by atoms with van der Waals surface area (Å²) < 4.78 is 0. The quantitative estimate of drug-likeness (QED) is 0.840. The largest absolute Gasteiger partial charge is 0.480 e. The van der Waals surface area contributed by atoms with Gasteiger partial charge >= 0.3 is 5.97 Å². The lowest BCUT2D eigenvalue weighted by molar-refractivity contribution is -0.148. The van der Waals surface area contributed by atoms with Crippen LogP contribution in [0.5, 0.6) is 0 Å². The standard InChI is InChI=1S/C15H24N2O3/c18-14(17-7-1-2-13(17)15(19)20)4-3-12-10-16-8-5-11(12)6-9-16/h11-13H,1-10H2,(H,19,20). The molecule has 2 atom stereocenters. The van der Waals surface area contributed by atoms with Gasteiger partial charge in [-0.15, -0.1) is 0 Å². The van der Waals surface area contributed by atoms with Crippen LogP contribution in [-0.2, 0) is 9.59 Å². The van der Waals surface area contributed by atoms with Gasteiger partial charge in [0, 0.05) is 19.5 Å². The minimum Gasteiger partial charge on any atom is -0.480 e. The normalized spacial score (nSPS) is 36.3. The Balaban J connectivity index is 1.51. The lowest BCUT2D eigenvalue weighted by Gasteiger charge is -2.45. The molecule has 4 fully saturated rings. The number of rotatable bonds is 4. The third-order valence-electron chi connectivity index (χ3n) is 5.38. The average molecular weight is 280 g/mol. The van der Waals surface area contributed by atoms with Gasteiger partial charge in [-0.2, -0.15) is 0 Å². The minimum absolute atomic E-state index is 0.0475. The van der Waals surface area contributed by atoms with E-state index in [1.54, 1.807) is 4.90 Å². The number of carbonyl (C=O) groups excluding carboxylic acids is 1. The maximum absolute atomic E-state index is 12.3. The number of carboxylic acid groups (broad SMARTS) is 1. The highest BCUT2D eigenvalue weighted by molar-refractivity contribution is 5.84. The molecule has 5 nitrogen and oxygen atoms in total. The lowest BCUT2D eigenvalue weighted by atomic mass is 9.77. The molecule has 1 N–H and O–H groups in total. The molecule has 0 aromatic carbocycles. The summed E-state index contributed by atoms with van der Waals surface area (Å²) in [6.07, 6.45) is 5.45. The topological polar surface area (TPSA) is 60.9 Å². The van der Waals surface area contributed by atoms with Crippen molar-refractivity contribution >= 4 is 11.9 Å². The van der Waals surface area contributed by atoms with Crippen molar-refractivity contribution in [1.82, 2.24) is 9.80 Å². The van der Waals surface area contributed by atoms with Crippen molar-refractivity contribution in [3.05, 3.63) is 0 Å². The fourth-order valence-electron chi connectivity index (χ4n) is 4.19. The van der Waals surface area contributed by atoms with E-state index in [1.807, 2.05) is 0 Å². The molecule has 4 heterocycles. The van der Waals surface area contributed by atoms with E-state index in [1.165, 1.54) is 25.9 Å². The molecule has 0 saturated carbocycles. The second-order valence-corrected chi connectivity index (χ2v) is 6.52. The molecule has 4 rings (SSSR count). The van der Waals surface area contributed by atoms with Gasteiger partial charge in [0.2, 0.25) is 5.91 Å². The smallest absolute Gasteiger partial charge is 0.326 e. The first-order valence-electron chi connectivity index (χ1n) is 7.90. The Labute approximate surface area is 119 Å². The van der Waals surface area contributed by atoms with Crippen LogP contribution >= 0.6 is 0 Å². The van der Waals surface area contributed by atoms with Crippen LogP contribution in [-0.4, -0.2) is 59.0 Å². The summed E-state index contributed by atoms with van der Waals surface area (Å²) in [4.78, 5) is 27.5. The number of piperidine rings is 3. The number of carbonyl (C=O) groups is 2. The van der Waals surface area contributed by atoms with Crippen LogP contribution in [0, 0.1) is 11.8 Å². The van der Waals surface area contributed by atoms with Crippen molar-refractivity contribution in [3.8, 4) is 0 Å². The Morgan fingerprint density at radius 1 is 1.10 bits per heavy atom. The molecule has 0 aliphatic carbocycles. The monoisotopic (exact) mass is 280 g/mol. The number of aliphatic carboxylic acids is 1. The molecule has 112 valence electrons. The first-order chi connectivity index (χ1) is 9.65. The molecule has 0 aromatic heterocycles. The van der Waals surface area contributed by atoms with Gasteiger partial charge in [-0.1, -0.05) is 0 Å². The van der Waals surface area contributed by atoms with E-state index in [2.05, 4.69) is 4.90 Å². The maximum atomic E-state index is 12.3. The number of likely N-dealkylation sites (tertiary alicyclic amines) is 1. The van der Waals surface area contributed by atoms with Crippen molar-refractivity contribution in [1.29, 1.82) is 0 Å². The van der Waals surface area contributed by atoms with Crippen molar-refractivity contribution in [2.45, 2.75) is 44.6 Å². The van der Waals surface area contributed by atoms with Gasteiger partial charge in [-0.3, -0.25) is 4.79 Å². The van der Waals surface area contributed by atoms with Crippen LogP contribution in [0.25, 0.3) is 0 Å². The van der Waals surface area contributed by atoms with Crippen LogP contribution < -0.4 is 0 Å². The fraction of sp³-hybridized carbons (Fsp3) is 0.867. The van der Waals surface area contributed by atoms with Gasteiger partial charge in [0.15, 0.2) is 0 Å². The molecule has 0 radical (unpaired) electrons. The molecular weight excluding hydrogens is 256 g/mol. The summed E-state index contributed by atoms with van der Waals surface area (Å²) >= 11 is 0. The molecular formula is C15H24N2O3.